The quantitative estimate of drug-likeness (QED) is 0.442. The lowest BCUT2D eigenvalue weighted by Gasteiger charge is -2.00. The largest absolute Gasteiger partial charge is 0.294 e. The van der Waals surface area contributed by atoms with Gasteiger partial charge in [-0.05, 0) is 0 Å². The number of nitro benzene ring substituents is 2. The molecule has 0 saturated carbocycles. The van der Waals surface area contributed by atoms with Crippen LogP contribution in [0.5, 0.6) is 0 Å². The number of hydrogen-bond donors (Lipinski definition) is 0. The second-order valence-corrected chi connectivity index (χ2v) is 2.99. The van der Waals surface area contributed by atoms with Crippen LogP contribution in [-0.4, -0.2) is 15.6 Å². The zero-order chi connectivity index (χ0) is 12.3. The minimum atomic E-state index is -0.730. The van der Waals surface area contributed by atoms with E-state index in [9.17, 15) is 25.0 Å². The topological polar surface area (TPSA) is 103 Å². The highest BCUT2D eigenvalue weighted by Gasteiger charge is 2.22. The van der Waals surface area contributed by atoms with E-state index in [1.54, 1.807) is 0 Å². The van der Waals surface area contributed by atoms with Gasteiger partial charge in [0, 0.05) is 24.6 Å². The van der Waals surface area contributed by atoms with Crippen molar-refractivity contribution in [3.8, 4) is 0 Å². The third-order valence-corrected chi connectivity index (χ3v) is 2.01. The van der Waals surface area contributed by atoms with Crippen molar-refractivity contribution >= 4 is 17.2 Å². The molecule has 0 aliphatic rings. The summed E-state index contributed by atoms with van der Waals surface area (Å²) in [5.74, 6) is -0.490. The Morgan fingerprint density at radius 1 is 1.25 bits per heavy atom. The first-order valence-corrected chi connectivity index (χ1v) is 4.43. The molecular weight excluding hydrogens is 216 g/mol. The molecule has 0 aliphatic heterocycles. The standard InChI is InChI=1S/C9H8N2O5/c1-2-9(12)7-5-6(10(13)14)3-4-8(7)11(15)16/h3-5H,2H2,1H3. The van der Waals surface area contributed by atoms with E-state index in [0.29, 0.717) is 0 Å². The first-order valence-electron chi connectivity index (χ1n) is 4.43. The zero-order valence-corrected chi connectivity index (χ0v) is 8.37. The highest BCUT2D eigenvalue weighted by atomic mass is 16.6. The predicted octanol–water partition coefficient (Wildman–Crippen LogP) is 2.10. The van der Waals surface area contributed by atoms with Gasteiger partial charge in [-0.25, -0.2) is 0 Å². The predicted molar refractivity (Wildman–Crippen MR) is 54.4 cm³/mol. The SMILES string of the molecule is CCC(=O)c1cc([N+](=O)[O-])ccc1[N+](=O)[O-]. The molecule has 0 saturated heterocycles. The van der Waals surface area contributed by atoms with Gasteiger partial charge in [-0.3, -0.25) is 25.0 Å². The first kappa shape index (κ1) is 11.8. The third-order valence-electron chi connectivity index (χ3n) is 2.01. The molecule has 0 unspecified atom stereocenters. The summed E-state index contributed by atoms with van der Waals surface area (Å²) in [5.41, 5.74) is -0.957. The van der Waals surface area contributed by atoms with Gasteiger partial charge in [-0.1, -0.05) is 6.92 Å². The zero-order valence-electron chi connectivity index (χ0n) is 8.37. The minimum absolute atomic E-state index is 0.0575. The third kappa shape index (κ3) is 2.19. The summed E-state index contributed by atoms with van der Waals surface area (Å²) < 4.78 is 0. The lowest BCUT2D eigenvalue weighted by molar-refractivity contribution is -0.389. The van der Waals surface area contributed by atoms with Crippen LogP contribution in [0.1, 0.15) is 23.7 Å². The molecule has 7 heteroatoms. The van der Waals surface area contributed by atoms with E-state index >= 15 is 0 Å². The lowest BCUT2D eigenvalue weighted by atomic mass is 10.1. The van der Waals surface area contributed by atoms with E-state index < -0.39 is 21.3 Å². The number of rotatable bonds is 4. The van der Waals surface area contributed by atoms with E-state index in [4.69, 9.17) is 0 Å². The summed E-state index contributed by atoms with van der Waals surface area (Å²) >= 11 is 0. The molecule has 0 fully saturated rings. The summed E-state index contributed by atoms with van der Waals surface area (Å²) in [6.07, 6.45) is 0.0575. The van der Waals surface area contributed by atoms with E-state index in [2.05, 4.69) is 0 Å². The number of nitrogens with zero attached hydrogens (tertiary/aromatic N) is 2. The maximum absolute atomic E-state index is 11.4. The molecule has 84 valence electrons. The maximum atomic E-state index is 11.4. The molecule has 0 atom stereocenters. The Morgan fingerprint density at radius 2 is 1.88 bits per heavy atom. The van der Waals surface area contributed by atoms with E-state index in [-0.39, 0.29) is 17.7 Å². The van der Waals surface area contributed by atoms with Gasteiger partial charge >= 0.3 is 0 Å². The maximum Gasteiger partial charge on any atom is 0.280 e. The van der Waals surface area contributed by atoms with Gasteiger partial charge in [0.15, 0.2) is 5.78 Å². The van der Waals surface area contributed by atoms with Crippen molar-refractivity contribution in [1.82, 2.24) is 0 Å². The van der Waals surface area contributed by atoms with Gasteiger partial charge in [-0.15, -0.1) is 0 Å². The Morgan fingerprint density at radius 3 is 2.31 bits per heavy atom. The fourth-order valence-corrected chi connectivity index (χ4v) is 1.21. The fraction of sp³-hybridized carbons (Fsp3) is 0.222. The van der Waals surface area contributed by atoms with Crippen LogP contribution >= 0.6 is 0 Å². The molecule has 1 aromatic rings. The van der Waals surface area contributed by atoms with Crippen LogP contribution in [0.2, 0.25) is 0 Å². The molecule has 0 heterocycles. The Hall–Kier alpha value is -2.31. The summed E-state index contributed by atoms with van der Waals surface area (Å²) in [6.45, 7) is 1.53. The number of Topliss-reactive ketones (excluding diaryl/α,β-unsaturated/α-hetero) is 1. The average molecular weight is 224 g/mol. The second-order valence-electron chi connectivity index (χ2n) is 2.99. The van der Waals surface area contributed by atoms with Crippen LogP contribution in [0.4, 0.5) is 11.4 Å². The summed E-state index contributed by atoms with van der Waals surface area (Å²) in [6, 6.07) is 2.91. The van der Waals surface area contributed by atoms with Gasteiger partial charge in [0.25, 0.3) is 11.4 Å². The summed E-state index contributed by atoms with van der Waals surface area (Å²) in [5, 5.41) is 21.1. The van der Waals surface area contributed by atoms with Gasteiger partial charge in [0.1, 0.15) is 5.56 Å². The van der Waals surface area contributed by atoms with Crippen LogP contribution in [0.25, 0.3) is 0 Å². The Labute approximate surface area is 90.0 Å². The number of non-ortho nitro benzene ring substituents is 1. The number of nitro groups is 2. The van der Waals surface area contributed by atoms with Crippen molar-refractivity contribution < 1.29 is 14.6 Å². The van der Waals surface area contributed by atoms with Gasteiger partial charge in [-0.2, -0.15) is 0 Å². The minimum Gasteiger partial charge on any atom is -0.294 e. The number of carbonyl (C=O) groups excluding carboxylic acids is 1. The van der Waals surface area contributed by atoms with Crippen molar-refractivity contribution in [3.05, 3.63) is 44.0 Å². The smallest absolute Gasteiger partial charge is 0.280 e. The van der Waals surface area contributed by atoms with Crippen molar-refractivity contribution in [3.63, 3.8) is 0 Å². The van der Waals surface area contributed by atoms with E-state index in [1.165, 1.54) is 6.92 Å². The van der Waals surface area contributed by atoms with Crippen molar-refractivity contribution in [2.75, 3.05) is 0 Å². The molecule has 0 amide bonds. The first-order chi connectivity index (χ1) is 7.47. The van der Waals surface area contributed by atoms with E-state index in [0.717, 1.165) is 18.2 Å². The Balaban J connectivity index is 3.38. The second kappa shape index (κ2) is 4.47. The molecule has 7 nitrogen and oxygen atoms in total. The molecule has 1 rings (SSSR count). The Bertz CT molecular complexity index is 469. The summed E-state index contributed by atoms with van der Waals surface area (Å²) in [4.78, 5) is 31.0. The van der Waals surface area contributed by atoms with Crippen LogP contribution in [-0.2, 0) is 0 Å². The van der Waals surface area contributed by atoms with Crippen molar-refractivity contribution in [2.45, 2.75) is 13.3 Å². The molecule has 0 N–H and O–H groups in total. The van der Waals surface area contributed by atoms with Gasteiger partial charge in [0.05, 0.1) is 9.85 Å². The number of hydrogen-bond acceptors (Lipinski definition) is 5. The lowest BCUT2D eigenvalue weighted by Crippen LogP contribution is -2.03. The number of carbonyl (C=O) groups is 1. The average Bonchev–Trinajstić information content (AvgIpc) is 2.26. The van der Waals surface area contributed by atoms with Crippen molar-refractivity contribution in [1.29, 1.82) is 0 Å². The van der Waals surface area contributed by atoms with Crippen molar-refractivity contribution in [2.24, 2.45) is 0 Å². The molecule has 0 aromatic heterocycles. The summed E-state index contributed by atoms with van der Waals surface area (Å²) in [7, 11) is 0. The Kier molecular flexibility index (Phi) is 3.29. The molecule has 1 aromatic carbocycles. The molecule has 0 aliphatic carbocycles. The van der Waals surface area contributed by atoms with E-state index in [1.807, 2.05) is 0 Å². The number of ketones is 1. The molecular formula is C9H8N2O5. The highest BCUT2D eigenvalue weighted by molar-refractivity contribution is 6.00. The van der Waals surface area contributed by atoms with Gasteiger partial charge < -0.3 is 0 Å². The van der Waals surface area contributed by atoms with Crippen LogP contribution in [0, 0.1) is 20.2 Å². The fourth-order valence-electron chi connectivity index (χ4n) is 1.21. The van der Waals surface area contributed by atoms with Crippen LogP contribution in [0.15, 0.2) is 18.2 Å². The van der Waals surface area contributed by atoms with Crippen LogP contribution < -0.4 is 0 Å². The monoisotopic (exact) mass is 224 g/mol. The normalized spacial score (nSPS) is 9.81. The molecule has 0 spiro atoms. The highest BCUT2D eigenvalue weighted by Crippen LogP contribution is 2.24. The van der Waals surface area contributed by atoms with Gasteiger partial charge in [0.2, 0.25) is 0 Å². The molecule has 16 heavy (non-hydrogen) atoms. The molecule has 0 radical (unpaired) electrons. The number of benzene rings is 1. The van der Waals surface area contributed by atoms with Crippen LogP contribution in [0.3, 0.4) is 0 Å². The molecule has 0 bridgehead atoms.